The molecule has 0 aliphatic carbocycles. The second-order valence-electron chi connectivity index (χ2n) is 7.39. The van der Waals surface area contributed by atoms with E-state index in [1.165, 1.54) is 30.5 Å². The molecule has 0 radical (unpaired) electrons. The van der Waals surface area contributed by atoms with Crippen molar-refractivity contribution < 1.29 is 5.11 Å². The molecule has 3 heteroatoms. The highest BCUT2D eigenvalue weighted by atomic mass is 16.3. The Balaban J connectivity index is 1.47. The van der Waals surface area contributed by atoms with Crippen LogP contribution in [0.4, 0.5) is 11.4 Å². The lowest BCUT2D eigenvalue weighted by atomic mass is 9.89. The Morgan fingerprint density at radius 2 is 1.48 bits per heavy atom. The zero-order chi connectivity index (χ0) is 17.1. The van der Waals surface area contributed by atoms with Crippen molar-refractivity contribution in [2.24, 2.45) is 0 Å². The largest absolute Gasteiger partial charge is 0.506 e. The van der Waals surface area contributed by atoms with Crippen LogP contribution in [0.1, 0.15) is 43.6 Å². The number of aromatic hydroxyl groups is 1. The first-order valence-electron chi connectivity index (χ1n) is 9.69. The topological polar surface area (TPSA) is 26.7 Å². The molecule has 0 amide bonds. The smallest absolute Gasteiger partial charge is 0.139 e. The highest BCUT2D eigenvalue weighted by Gasteiger charge is 2.23. The zero-order valence-electron chi connectivity index (χ0n) is 14.9. The number of rotatable bonds is 3. The molecule has 4 rings (SSSR count). The van der Waals surface area contributed by atoms with E-state index in [0.717, 1.165) is 44.7 Å². The molecule has 2 fully saturated rings. The van der Waals surface area contributed by atoms with Crippen LogP contribution < -0.4 is 9.80 Å². The van der Waals surface area contributed by atoms with E-state index >= 15 is 0 Å². The van der Waals surface area contributed by atoms with Gasteiger partial charge in [-0.05, 0) is 61.8 Å². The molecule has 132 valence electrons. The molecule has 25 heavy (non-hydrogen) atoms. The summed E-state index contributed by atoms with van der Waals surface area (Å²) in [5, 5.41) is 10.4. The van der Waals surface area contributed by atoms with E-state index in [1.807, 2.05) is 6.07 Å². The molecule has 2 aromatic rings. The first-order valence-corrected chi connectivity index (χ1v) is 9.69. The molecule has 1 N–H and O–H groups in total. The molecular weight excluding hydrogens is 308 g/mol. The van der Waals surface area contributed by atoms with Gasteiger partial charge in [-0.1, -0.05) is 30.3 Å². The fraction of sp³-hybridized carbons (Fsp3) is 0.455. The van der Waals surface area contributed by atoms with Crippen molar-refractivity contribution in [2.75, 3.05) is 36.0 Å². The summed E-state index contributed by atoms with van der Waals surface area (Å²) >= 11 is 0. The number of piperidine rings is 2. The van der Waals surface area contributed by atoms with Crippen LogP contribution >= 0.6 is 0 Å². The summed E-state index contributed by atoms with van der Waals surface area (Å²) < 4.78 is 0. The van der Waals surface area contributed by atoms with Gasteiger partial charge in [0.05, 0.1) is 5.69 Å². The van der Waals surface area contributed by atoms with Crippen LogP contribution in [0.2, 0.25) is 0 Å². The van der Waals surface area contributed by atoms with E-state index in [-0.39, 0.29) is 0 Å². The van der Waals surface area contributed by atoms with Gasteiger partial charge in [0.1, 0.15) is 5.75 Å². The fourth-order valence-corrected chi connectivity index (χ4v) is 4.29. The van der Waals surface area contributed by atoms with E-state index in [0.29, 0.717) is 11.7 Å². The van der Waals surface area contributed by atoms with Crippen molar-refractivity contribution >= 4 is 11.4 Å². The van der Waals surface area contributed by atoms with E-state index in [9.17, 15) is 5.11 Å². The molecule has 2 aliphatic heterocycles. The molecule has 2 heterocycles. The number of phenols is 1. The predicted octanol–water partition coefficient (Wildman–Crippen LogP) is 4.77. The van der Waals surface area contributed by atoms with Gasteiger partial charge in [-0.2, -0.15) is 0 Å². The Kier molecular flexibility index (Phi) is 4.82. The first-order chi connectivity index (χ1) is 12.3. The minimum absolute atomic E-state index is 0.416. The molecule has 2 aliphatic rings. The summed E-state index contributed by atoms with van der Waals surface area (Å²) in [4.78, 5) is 4.82. The Morgan fingerprint density at radius 3 is 2.20 bits per heavy atom. The van der Waals surface area contributed by atoms with Gasteiger partial charge in [0.25, 0.3) is 0 Å². The highest BCUT2D eigenvalue weighted by Crippen LogP contribution is 2.37. The summed E-state index contributed by atoms with van der Waals surface area (Å²) in [5.41, 5.74) is 3.72. The Morgan fingerprint density at radius 1 is 0.760 bits per heavy atom. The third kappa shape index (κ3) is 3.60. The molecule has 0 unspecified atom stereocenters. The molecule has 0 spiro atoms. The summed E-state index contributed by atoms with van der Waals surface area (Å²) in [5.74, 6) is 1.06. The van der Waals surface area contributed by atoms with Crippen LogP contribution in [0.25, 0.3) is 0 Å². The zero-order valence-corrected chi connectivity index (χ0v) is 14.9. The van der Waals surface area contributed by atoms with Crippen LogP contribution in [-0.4, -0.2) is 31.3 Å². The SMILES string of the molecule is Oc1ccc(N2CCCCC2)cc1N1CCC(c2ccccc2)CC1. The minimum atomic E-state index is 0.416. The van der Waals surface area contributed by atoms with Gasteiger partial charge < -0.3 is 14.9 Å². The first kappa shape index (κ1) is 16.3. The van der Waals surface area contributed by atoms with Gasteiger partial charge in [0.15, 0.2) is 0 Å². The Hall–Kier alpha value is -2.16. The van der Waals surface area contributed by atoms with Crippen LogP contribution in [-0.2, 0) is 0 Å². The van der Waals surface area contributed by atoms with Gasteiger partial charge in [-0.3, -0.25) is 0 Å². The quantitative estimate of drug-likeness (QED) is 0.875. The third-order valence-electron chi connectivity index (χ3n) is 5.79. The molecule has 2 saturated heterocycles. The average molecular weight is 336 g/mol. The van der Waals surface area contributed by atoms with E-state index < -0.39 is 0 Å². The van der Waals surface area contributed by atoms with Crippen molar-refractivity contribution in [1.29, 1.82) is 0 Å². The maximum absolute atomic E-state index is 10.4. The maximum atomic E-state index is 10.4. The number of hydrogen-bond donors (Lipinski definition) is 1. The van der Waals surface area contributed by atoms with Crippen molar-refractivity contribution in [3.63, 3.8) is 0 Å². The minimum Gasteiger partial charge on any atom is -0.506 e. The van der Waals surface area contributed by atoms with Gasteiger partial charge in [-0.15, -0.1) is 0 Å². The maximum Gasteiger partial charge on any atom is 0.139 e. The standard InChI is InChI=1S/C22H28N2O/c25-22-10-9-20(23-13-5-2-6-14-23)17-21(22)24-15-11-19(12-16-24)18-7-3-1-4-8-18/h1,3-4,7-10,17,19,25H,2,5-6,11-16H2. The van der Waals surface area contributed by atoms with Gasteiger partial charge in [-0.25, -0.2) is 0 Å². The predicted molar refractivity (Wildman–Crippen MR) is 105 cm³/mol. The number of anilines is 2. The van der Waals surface area contributed by atoms with Crippen LogP contribution in [0, 0.1) is 0 Å². The lowest BCUT2D eigenvalue weighted by Gasteiger charge is -2.35. The van der Waals surface area contributed by atoms with Crippen molar-refractivity contribution in [3.05, 3.63) is 54.1 Å². The molecule has 2 aromatic carbocycles. The molecule has 0 aromatic heterocycles. The van der Waals surface area contributed by atoms with Crippen molar-refractivity contribution in [2.45, 2.75) is 38.0 Å². The lowest BCUT2D eigenvalue weighted by Crippen LogP contribution is -2.33. The fourth-order valence-electron chi connectivity index (χ4n) is 4.29. The lowest BCUT2D eigenvalue weighted by molar-refractivity contribution is 0.461. The summed E-state index contributed by atoms with van der Waals surface area (Å²) in [6, 6.07) is 17.0. The van der Waals surface area contributed by atoms with Crippen LogP contribution in [0.5, 0.6) is 5.75 Å². The number of benzene rings is 2. The van der Waals surface area contributed by atoms with Crippen LogP contribution in [0.3, 0.4) is 0 Å². The number of nitrogens with zero attached hydrogens (tertiary/aromatic N) is 2. The summed E-state index contributed by atoms with van der Waals surface area (Å²) in [6.07, 6.45) is 6.20. The van der Waals surface area contributed by atoms with Gasteiger partial charge in [0.2, 0.25) is 0 Å². The van der Waals surface area contributed by atoms with Crippen molar-refractivity contribution in [3.8, 4) is 5.75 Å². The molecule has 0 saturated carbocycles. The van der Waals surface area contributed by atoms with Crippen molar-refractivity contribution in [1.82, 2.24) is 0 Å². The highest BCUT2D eigenvalue weighted by molar-refractivity contribution is 5.67. The number of phenolic OH excluding ortho intramolecular Hbond substituents is 1. The van der Waals surface area contributed by atoms with Gasteiger partial charge >= 0.3 is 0 Å². The normalized spacial score (nSPS) is 19.2. The van der Waals surface area contributed by atoms with E-state index in [4.69, 9.17) is 0 Å². The third-order valence-corrected chi connectivity index (χ3v) is 5.79. The second kappa shape index (κ2) is 7.38. The van der Waals surface area contributed by atoms with Gasteiger partial charge in [0, 0.05) is 31.9 Å². The van der Waals surface area contributed by atoms with E-state index in [2.05, 4.69) is 52.3 Å². The second-order valence-corrected chi connectivity index (χ2v) is 7.39. The number of hydrogen-bond acceptors (Lipinski definition) is 3. The molecule has 3 nitrogen and oxygen atoms in total. The Labute approximate surface area is 150 Å². The Bertz CT molecular complexity index is 686. The summed E-state index contributed by atoms with van der Waals surface area (Å²) in [7, 11) is 0. The molecular formula is C22H28N2O. The van der Waals surface area contributed by atoms with E-state index in [1.54, 1.807) is 0 Å². The van der Waals surface area contributed by atoms with Crippen LogP contribution in [0.15, 0.2) is 48.5 Å². The monoisotopic (exact) mass is 336 g/mol. The molecule has 0 atom stereocenters. The molecule has 0 bridgehead atoms. The average Bonchev–Trinajstić information content (AvgIpc) is 2.70. The summed E-state index contributed by atoms with van der Waals surface area (Å²) in [6.45, 7) is 4.30.